The van der Waals surface area contributed by atoms with Crippen LogP contribution in [0, 0.1) is 0 Å². The number of carbonyl (C=O) groups is 2. The number of rotatable bonds is 3. The maximum Gasteiger partial charge on any atom is 0.329 e. The van der Waals surface area contributed by atoms with E-state index in [9.17, 15) is 14.7 Å². The van der Waals surface area contributed by atoms with Crippen molar-refractivity contribution in [2.24, 2.45) is 0 Å². The second-order valence-corrected chi connectivity index (χ2v) is 7.75. The Morgan fingerprint density at radius 3 is 2.69 bits per heavy atom. The number of hydrogen-bond acceptors (Lipinski definition) is 5. The van der Waals surface area contributed by atoms with Gasteiger partial charge < -0.3 is 19.5 Å². The Kier molecular flexibility index (Phi) is 4.11. The van der Waals surface area contributed by atoms with Gasteiger partial charge in [-0.1, -0.05) is 0 Å². The van der Waals surface area contributed by atoms with Gasteiger partial charge in [0.15, 0.2) is 11.5 Å². The first-order valence-corrected chi connectivity index (χ1v) is 9.36. The maximum atomic E-state index is 12.9. The van der Waals surface area contributed by atoms with Gasteiger partial charge in [-0.3, -0.25) is 4.79 Å². The van der Waals surface area contributed by atoms with Gasteiger partial charge in [0.1, 0.15) is 18.8 Å². The summed E-state index contributed by atoms with van der Waals surface area (Å²) in [5.41, 5.74) is -0.182. The quantitative estimate of drug-likeness (QED) is 0.894. The third-order valence-corrected chi connectivity index (χ3v) is 6.11. The minimum absolute atomic E-state index is 0.221. The zero-order valence-electron chi connectivity index (χ0n) is 14.4. The van der Waals surface area contributed by atoms with Crippen LogP contribution in [0.15, 0.2) is 30.3 Å². The van der Waals surface area contributed by atoms with Crippen LogP contribution in [-0.4, -0.2) is 47.2 Å². The molecule has 6 nitrogen and oxygen atoms in total. The molecule has 0 saturated carbocycles. The zero-order chi connectivity index (χ0) is 18.3. The summed E-state index contributed by atoms with van der Waals surface area (Å²) in [4.78, 5) is 27.4. The first-order valence-electron chi connectivity index (χ1n) is 8.54. The van der Waals surface area contributed by atoms with Crippen molar-refractivity contribution < 1.29 is 24.2 Å². The van der Waals surface area contributed by atoms with E-state index in [1.807, 2.05) is 24.3 Å². The fourth-order valence-electron chi connectivity index (χ4n) is 3.45. The summed E-state index contributed by atoms with van der Waals surface area (Å²) in [5, 5.41) is 9.52. The average molecular weight is 373 g/mol. The van der Waals surface area contributed by atoms with Crippen molar-refractivity contribution in [3.63, 3.8) is 0 Å². The van der Waals surface area contributed by atoms with Gasteiger partial charge in [0.2, 0.25) is 0 Å². The first kappa shape index (κ1) is 16.9. The summed E-state index contributed by atoms with van der Waals surface area (Å²) in [6.45, 7) is 3.16. The van der Waals surface area contributed by atoms with Crippen LogP contribution in [0.2, 0.25) is 0 Å². The molecule has 1 fully saturated rings. The summed E-state index contributed by atoms with van der Waals surface area (Å²) < 4.78 is 11.1. The van der Waals surface area contributed by atoms with Gasteiger partial charge in [-0.2, -0.15) is 0 Å². The Balaban J connectivity index is 1.60. The van der Waals surface area contributed by atoms with Crippen molar-refractivity contribution in [3.8, 4) is 21.9 Å². The van der Waals surface area contributed by atoms with Crippen molar-refractivity contribution in [1.29, 1.82) is 0 Å². The Bertz CT molecular complexity index is 877. The molecule has 3 heterocycles. The highest BCUT2D eigenvalue weighted by Crippen LogP contribution is 2.38. The number of carboxylic acid groups (broad SMARTS) is 1. The topological polar surface area (TPSA) is 76.1 Å². The number of carbonyl (C=O) groups excluding carboxylic acids is 1. The van der Waals surface area contributed by atoms with E-state index in [1.165, 1.54) is 16.2 Å². The van der Waals surface area contributed by atoms with E-state index in [0.717, 1.165) is 16.2 Å². The van der Waals surface area contributed by atoms with E-state index in [-0.39, 0.29) is 5.91 Å². The summed E-state index contributed by atoms with van der Waals surface area (Å²) in [6, 6.07) is 9.36. The Hall–Kier alpha value is -2.54. The number of carboxylic acids is 1. The number of likely N-dealkylation sites (tertiary alicyclic amines) is 1. The second kappa shape index (κ2) is 6.32. The number of benzene rings is 1. The van der Waals surface area contributed by atoms with E-state index < -0.39 is 11.5 Å². The van der Waals surface area contributed by atoms with Gasteiger partial charge in [0.05, 0.1) is 4.88 Å². The lowest BCUT2D eigenvalue weighted by atomic mass is 9.99. The maximum absolute atomic E-state index is 12.9. The van der Waals surface area contributed by atoms with Gasteiger partial charge in [0.25, 0.3) is 5.91 Å². The van der Waals surface area contributed by atoms with Gasteiger partial charge in [0, 0.05) is 11.4 Å². The lowest BCUT2D eigenvalue weighted by Gasteiger charge is -2.30. The van der Waals surface area contributed by atoms with Gasteiger partial charge in [-0.15, -0.1) is 11.3 Å². The fourth-order valence-corrected chi connectivity index (χ4v) is 4.40. The Morgan fingerprint density at radius 2 is 1.92 bits per heavy atom. The lowest BCUT2D eigenvalue weighted by Crippen LogP contribution is -2.50. The van der Waals surface area contributed by atoms with E-state index in [2.05, 4.69) is 0 Å². The molecule has 2 aromatic rings. The molecule has 1 atom stereocenters. The van der Waals surface area contributed by atoms with Crippen LogP contribution in [0.4, 0.5) is 0 Å². The predicted octanol–water partition coefficient (Wildman–Crippen LogP) is 3.27. The number of nitrogens with zero attached hydrogens (tertiary/aromatic N) is 1. The Labute approximate surface area is 155 Å². The van der Waals surface area contributed by atoms with Gasteiger partial charge in [-0.25, -0.2) is 4.79 Å². The molecule has 4 rings (SSSR count). The monoisotopic (exact) mass is 373 g/mol. The molecule has 0 aliphatic carbocycles. The number of ether oxygens (including phenoxy) is 2. The molecule has 1 aromatic carbocycles. The third-order valence-electron chi connectivity index (χ3n) is 4.99. The smallest absolute Gasteiger partial charge is 0.329 e. The molecule has 0 radical (unpaired) electrons. The number of fused-ring (bicyclic) bond motifs is 1. The molecule has 0 bridgehead atoms. The predicted molar refractivity (Wildman–Crippen MR) is 97.1 cm³/mol. The fraction of sp³-hybridized carbons (Fsp3) is 0.368. The molecule has 136 valence electrons. The van der Waals surface area contributed by atoms with Crippen molar-refractivity contribution in [2.45, 2.75) is 25.3 Å². The molecule has 1 N–H and O–H groups in total. The van der Waals surface area contributed by atoms with E-state index in [1.54, 1.807) is 13.0 Å². The molecule has 7 heteroatoms. The highest BCUT2D eigenvalue weighted by molar-refractivity contribution is 7.17. The average Bonchev–Trinajstić information content (AvgIpc) is 3.28. The van der Waals surface area contributed by atoms with Crippen molar-refractivity contribution in [3.05, 3.63) is 35.2 Å². The van der Waals surface area contributed by atoms with Gasteiger partial charge >= 0.3 is 5.97 Å². The van der Waals surface area contributed by atoms with Crippen LogP contribution in [0.25, 0.3) is 10.4 Å². The van der Waals surface area contributed by atoms with Gasteiger partial charge in [-0.05, 0) is 55.7 Å². The van der Waals surface area contributed by atoms with E-state index >= 15 is 0 Å². The first-order chi connectivity index (χ1) is 12.5. The molecule has 1 aromatic heterocycles. The van der Waals surface area contributed by atoms with Crippen molar-refractivity contribution >= 4 is 23.2 Å². The Morgan fingerprint density at radius 1 is 1.15 bits per heavy atom. The van der Waals surface area contributed by atoms with E-state index in [0.29, 0.717) is 43.2 Å². The normalized spacial score (nSPS) is 21.7. The molecule has 1 unspecified atom stereocenters. The highest BCUT2D eigenvalue weighted by Gasteiger charge is 2.46. The molecular weight excluding hydrogens is 354 g/mol. The van der Waals surface area contributed by atoms with Crippen LogP contribution < -0.4 is 9.47 Å². The lowest BCUT2D eigenvalue weighted by molar-refractivity contribution is -0.147. The summed E-state index contributed by atoms with van der Waals surface area (Å²) in [6.07, 6.45) is 1.18. The number of hydrogen-bond donors (Lipinski definition) is 1. The van der Waals surface area contributed by atoms with E-state index in [4.69, 9.17) is 9.47 Å². The molecule has 2 aliphatic heterocycles. The summed E-state index contributed by atoms with van der Waals surface area (Å²) in [5.74, 6) is 0.253. The number of thiophene rings is 1. The minimum Gasteiger partial charge on any atom is -0.486 e. The number of aliphatic carboxylic acids is 1. The van der Waals surface area contributed by atoms with Crippen LogP contribution >= 0.6 is 11.3 Å². The van der Waals surface area contributed by atoms with Crippen LogP contribution in [-0.2, 0) is 4.79 Å². The minimum atomic E-state index is -1.13. The SMILES string of the molecule is CC1(C(=O)O)CCCN1C(=O)c1ccc(-c2ccc3c(c2)OCCO3)s1. The van der Waals surface area contributed by atoms with Crippen molar-refractivity contribution in [2.75, 3.05) is 19.8 Å². The molecule has 1 amide bonds. The molecule has 26 heavy (non-hydrogen) atoms. The van der Waals surface area contributed by atoms with Crippen LogP contribution in [0.1, 0.15) is 29.4 Å². The summed E-state index contributed by atoms with van der Waals surface area (Å²) >= 11 is 1.36. The largest absolute Gasteiger partial charge is 0.486 e. The molecular formula is C19H19NO5S. The van der Waals surface area contributed by atoms with Crippen LogP contribution in [0.3, 0.4) is 0 Å². The zero-order valence-corrected chi connectivity index (χ0v) is 15.2. The second-order valence-electron chi connectivity index (χ2n) is 6.66. The standard InChI is InChI=1S/C19H19NO5S/c1-19(18(22)23)7-2-8-20(19)17(21)16-6-5-15(26-16)12-3-4-13-14(11-12)25-10-9-24-13/h3-6,11H,2,7-10H2,1H3,(H,22,23). The molecule has 1 saturated heterocycles. The summed E-state index contributed by atoms with van der Waals surface area (Å²) in [7, 11) is 0. The highest BCUT2D eigenvalue weighted by atomic mass is 32.1. The van der Waals surface area contributed by atoms with Crippen molar-refractivity contribution in [1.82, 2.24) is 4.90 Å². The molecule has 2 aliphatic rings. The van der Waals surface area contributed by atoms with Crippen LogP contribution in [0.5, 0.6) is 11.5 Å². The third kappa shape index (κ3) is 2.72. The molecule has 0 spiro atoms. The number of amides is 1.